The molecular formula is C12H13N3O2S2. The minimum absolute atomic E-state index is 0.444. The molecule has 2 heterocycles. The first kappa shape index (κ1) is 12.7. The van der Waals surface area contributed by atoms with Crippen molar-refractivity contribution in [3.8, 4) is 0 Å². The summed E-state index contributed by atoms with van der Waals surface area (Å²) in [5.74, 6) is -0.398. The van der Waals surface area contributed by atoms with Crippen molar-refractivity contribution < 1.29 is 9.90 Å². The van der Waals surface area contributed by atoms with E-state index in [1.54, 1.807) is 18.3 Å². The molecule has 1 atom stereocenters. The molecule has 19 heavy (non-hydrogen) atoms. The molecule has 100 valence electrons. The number of carboxylic acid groups (broad SMARTS) is 1. The van der Waals surface area contributed by atoms with Gasteiger partial charge in [-0.25, -0.2) is 9.97 Å². The fourth-order valence-corrected chi connectivity index (χ4v) is 4.30. The molecule has 1 aliphatic carbocycles. The van der Waals surface area contributed by atoms with Crippen molar-refractivity contribution in [1.82, 2.24) is 9.97 Å². The Morgan fingerprint density at radius 3 is 3.00 bits per heavy atom. The molecule has 0 fully saturated rings. The number of anilines is 1. The third kappa shape index (κ3) is 2.17. The van der Waals surface area contributed by atoms with Gasteiger partial charge in [0.15, 0.2) is 5.16 Å². The Labute approximate surface area is 118 Å². The third-order valence-corrected chi connectivity index (χ3v) is 5.34. The molecule has 0 saturated heterocycles. The smallest absolute Gasteiger partial charge is 0.316 e. The summed E-state index contributed by atoms with van der Waals surface area (Å²) in [6, 6.07) is 0. The number of hydrogen-bond donors (Lipinski definition) is 2. The molecule has 0 aliphatic heterocycles. The van der Waals surface area contributed by atoms with Crippen LogP contribution < -0.4 is 5.73 Å². The first-order valence-corrected chi connectivity index (χ1v) is 7.73. The van der Waals surface area contributed by atoms with Gasteiger partial charge in [0.1, 0.15) is 15.9 Å². The molecule has 1 unspecified atom stereocenters. The Bertz CT molecular complexity index is 669. The van der Waals surface area contributed by atoms with Crippen LogP contribution in [0.5, 0.6) is 0 Å². The number of thioether (sulfide) groups is 1. The highest BCUT2D eigenvalue weighted by molar-refractivity contribution is 8.00. The standard InChI is InChI=1S/C12H13N3O2S2/c1-5(11(16)17)18-12-14-9(13)8-6-3-2-4-7(6)19-10(8)15-12/h5H,2-4H2,1H3,(H,16,17)(H2,13,14,15). The lowest BCUT2D eigenvalue weighted by atomic mass is 10.2. The summed E-state index contributed by atoms with van der Waals surface area (Å²) in [7, 11) is 0. The Morgan fingerprint density at radius 1 is 1.47 bits per heavy atom. The highest BCUT2D eigenvalue weighted by Gasteiger charge is 2.22. The van der Waals surface area contributed by atoms with Crippen molar-refractivity contribution in [2.75, 3.05) is 5.73 Å². The highest BCUT2D eigenvalue weighted by atomic mass is 32.2. The van der Waals surface area contributed by atoms with Crippen LogP contribution >= 0.6 is 23.1 Å². The van der Waals surface area contributed by atoms with Crippen LogP contribution in [-0.2, 0) is 17.6 Å². The molecule has 2 aromatic heterocycles. The molecule has 0 radical (unpaired) electrons. The van der Waals surface area contributed by atoms with Crippen molar-refractivity contribution in [1.29, 1.82) is 0 Å². The largest absolute Gasteiger partial charge is 0.480 e. The van der Waals surface area contributed by atoms with Crippen LogP contribution in [0, 0.1) is 0 Å². The van der Waals surface area contributed by atoms with Crippen molar-refractivity contribution in [3.63, 3.8) is 0 Å². The summed E-state index contributed by atoms with van der Waals surface area (Å²) < 4.78 is 0. The summed E-state index contributed by atoms with van der Waals surface area (Å²) >= 11 is 2.78. The van der Waals surface area contributed by atoms with Gasteiger partial charge >= 0.3 is 5.97 Å². The molecule has 0 aromatic carbocycles. The van der Waals surface area contributed by atoms with E-state index in [-0.39, 0.29) is 0 Å². The van der Waals surface area contributed by atoms with Crippen LogP contribution in [0.2, 0.25) is 0 Å². The molecule has 0 spiro atoms. The molecule has 0 bridgehead atoms. The molecule has 5 nitrogen and oxygen atoms in total. The van der Waals surface area contributed by atoms with Crippen LogP contribution in [0.15, 0.2) is 5.16 Å². The molecule has 3 rings (SSSR count). The normalized spacial score (nSPS) is 15.6. The molecule has 0 amide bonds. The van der Waals surface area contributed by atoms with E-state index in [0.29, 0.717) is 11.0 Å². The predicted octanol–water partition coefficient (Wildman–Crippen LogP) is 2.33. The summed E-state index contributed by atoms with van der Waals surface area (Å²) in [6.07, 6.45) is 3.30. The lowest BCUT2D eigenvalue weighted by molar-refractivity contribution is -0.136. The van der Waals surface area contributed by atoms with Gasteiger partial charge in [-0.05, 0) is 31.7 Å². The van der Waals surface area contributed by atoms with Gasteiger partial charge in [-0.2, -0.15) is 0 Å². The van der Waals surface area contributed by atoms with E-state index in [1.807, 2.05) is 0 Å². The number of nitrogens with two attached hydrogens (primary N) is 1. The van der Waals surface area contributed by atoms with Crippen molar-refractivity contribution in [2.24, 2.45) is 0 Å². The van der Waals surface area contributed by atoms with E-state index < -0.39 is 11.2 Å². The number of fused-ring (bicyclic) bond motifs is 3. The number of carbonyl (C=O) groups is 1. The van der Waals surface area contributed by atoms with E-state index in [4.69, 9.17) is 10.8 Å². The maximum Gasteiger partial charge on any atom is 0.316 e. The number of thiophene rings is 1. The van der Waals surface area contributed by atoms with Gasteiger partial charge in [-0.3, -0.25) is 4.79 Å². The number of nitrogens with zero attached hydrogens (tertiary/aromatic N) is 2. The van der Waals surface area contributed by atoms with E-state index in [2.05, 4.69) is 9.97 Å². The summed E-state index contributed by atoms with van der Waals surface area (Å²) in [5, 5.41) is 9.76. The molecule has 2 aromatic rings. The average Bonchev–Trinajstić information content (AvgIpc) is 2.87. The minimum Gasteiger partial charge on any atom is -0.480 e. The number of nitrogen functional groups attached to an aromatic ring is 1. The summed E-state index contributed by atoms with van der Waals surface area (Å²) in [4.78, 5) is 21.8. The highest BCUT2D eigenvalue weighted by Crippen LogP contribution is 2.39. The number of rotatable bonds is 3. The Hall–Kier alpha value is -1.34. The van der Waals surface area contributed by atoms with Crippen molar-refractivity contribution >= 4 is 45.1 Å². The number of carboxylic acids is 1. The topological polar surface area (TPSA) is 89.1 Å². The zero-order chi connectivity index (χ0) is 13.6. The Kier molecular flexibility index (Phi) is 3.10. The van der Waals surface area contributed by atoms with Gasteiger partial charge in [0.05, 0.1) is 5.39 Å². The first-order chi connectivity index (χ1) is 9.06. The molecule has 7 heteroatoms. The van der Waals surface area contributed by atoms with E-state index in [9.17, 15) is 4.79 Å². The SMILES string of the molecule is CC(Sc1nc(N)c2c3c(sc2n1)CCC3)C(=O)O. The fourth-order valence-electron chi connectivity index (χ4n) is 2.26. The Morgan fingerprint density at radius 2 is 2.26 bits per heavy atom. The zero-order valence-corrected chi connectivity index (χ0v) is 12.0. The third-order valence-electron chi connectivity index (χ3n) is 3.20. The number of hydrogen-bond acceptors (Lipinski definition) is 6. The van der Waals surface area contributed by atoms with Crippen LogP contribution in [0.25, 0.3) is 10.2 Å². The van der Waals surface area contributed by atoms with E-state index >= 15 is 0 Å². The molecular weight excluding hydrogens is 282 g/mol. The quantitative estimate of drug-likeness (QED) is 0.667. The van der Waals surface area contributed by atoms with Crippen LogP contribution in [0.3, 0.4) is 0 Å². The second-order valence-electron chi connectivity index (χ2n) is 4.53. The van der Waals surface area contributed by atoms with Gasteiger partial charge in [0.2, 0.25) is 0 Å². The van der Waals surface area contributed by atoms with Gasteiger partial charge in [-0.15, -0.1) is 11.3 Å². The van der Waals surface area contributed by atoms with Crippen molar-refractivity contribution in [3.05, 3.63) is 10.4 Å². The second-order valence-corrected chi connectivity index (χ2v) is 6.92. The predicted molar refractivity (Wildman–Crippen MR) is 76.8 cm³/mol. The van der Waals surface area contributed by atoms with E-state index in [0.717, 1.165) is 34.8 Å². The molecule has 0 saturated carbocycles. The second kappa shape index (κ2) is 4.64. The number of aliphatic carboxylic acids is 1. The zero-order valence-electron chi connectivity index (χ0n) is 10.3. The fraction of sp³-hybridized carbons (Fsp3) is 0.417. The monoisotopic (exact) mass is 295 g/mol. The summed E-state index contributed by atoms with van der Waals surface area (Å²) in [5.41, 5.74) is 7.31. The first-order valence-electron chi connectivity index (χ1n) is 6.03. The summed E-state index contributed by atoms with van der Waals surface area (Å²) in [6.45, 7) is 1.62. The maximum absolute atomic E-state index is 10.9. The van der Waals surface area contributed by atoms with Crippen LogP contribution in [-0.4, -0.2) is 26.3 Å². The molecule has 1 aliphatic rings. The number of aromatic nitrogens is 2. The van der Waals surface area contributed by atoms with Gasteiger partial charge in [0.25, 0.3) is 0 Å². The van der Waals surface area contributed by atoms with E-state index in [1.165, 1.54) is 16.9 Å². The maximum atomic E-state index is 10.9. The van der Waals surface area contributed by atoms with Crippen LogP contribution in [0.1, 0.15) is 23.8 Å². The van der Waals surface area contributed by atoms with Crippen molar-refractivity contribution in [2.45, 2.75) is 36.6 Å². The van der Waals surface area contributed by atoms with Gasteiger partial charge < -0.3 is 10.8 Å². The average molecular weight is 295 g/mol. The lowest BCUT2D eigenvalue weighted by Gasteiger charge is -2.06. The van der Waals surface area contributed by atoms with Crippen LogP contribution in [0.4, 0.5) is 5.82 Å². The minimum atomic E-state index is -0.874. The van der Waals surface area contributed by atoms with Gasteiger partial charge in [-0.1, -0.05) is 11.8 Å². The lowest BCUT2D eigenvalue weighted by Crippen LogP contribution is -2.12. The molecule has 3 N–H and O–H groups in total. The number of aryl methyl sites for hydroxylation is 2. The Balaban J connectivity index is 2.03. The van der Waals surface area contributed by atoms with Gasteiger partial charge in [0, 0.05) is 4.88 Å².